The summed E-state index contributed by atoms with van der Waals surface area (Å²) in [5.74, 6) is -0.476. The van der Waals surface area contributed by atoms with Crippen molar-refractivity contribution in [3.05, 3.63) is 21.9 Å². The zero-order valence-corrected chi connectivity index (χ0v) is 14.5. The molecule has 3 rings (SSSR count). The second-order valence-corrected chi connectivity index (χ2v) is 7.46. The third kappa shape index (κ3) is 3.44. The highest BCUT2D eigenvalue weighted by Gasteiger charge is 2.35. The molecule has 8 heteroatoms. The lowest BCUT2D eigenvalue weighted by molar-refractivity contribution is -0.131. The highest BCUT2D eigenvalue weighted by molar-refractivity contribution is 7.15. The van der Waals surface area contributed by atoms with Gasteiger partial charge in [0.1, 0.15) is 0 Å². The smallest absolute Gasteiger partial charge is 0.261 e. The van der Waals surface area contributed by atoms with Crippen molar-refractivity contribution in [1.82, 2.24) is 15.1 Å². The van der Waals surface area contributed by atoms with Gasteiger partial charge >= 0.3 is 0 Å². The number of hydrogen-bond acceptors (Lipinski definition) is 5. The number of rotatable bonds is 4. The number of piperidine rings is 1. The lowest BCUT2D eigenvalue weighted by atomic mass is 10.0. The molecule has 130 valence electrons. The summed E-state index contributed by atoms with van der Waals surface area (Å²) in [5.41, 5.74) is 5.21. The molecule has 2 aliphatic rings. The van der Waals surface area contributed by atoms with E-state index in [4.69, 9.17) is 5.73 Å². The Morgan fingerprint density at radius 1 is 1.17 bits per heavy atom. The van der Waals surface area contributed by atoms with Crippen LogP contribution in [0.4, 0.5) is 0 Å². The summed E-state index contributed by atoms with van der Waals surface area (Å²) in [7, 11) is 1.84. The molecule has 0 bridgehead atoms. The van der Waals surface area contributed by atoms with E-state index in [2.05, 4.69) is 10.2 Å². The molecule has 7 nitrogen and oxygen atoms in total. The molecule has 0 spiro atoms. The first-order valence-corrected chi connectivity index (χ1v) is 8.97. The number of carbonyl (C=O) groups excluding carboxylic acids is 3. The summed E-state index contributed by atoms with van der Waals surface area (Å²) in [6.07, 6.45) is 2.54. The maximum absolute atomic E-state index is 12.3. The highest BCUT2D eigenvalue weighted by atomic mass is 32.1. The normalized spacial score (nSPS) is 22.8. The SMILES string of the molecule is CN1CCC(N2CCC(NC(=O)c3ccc(C(N)=O)s3)CC2)C1=O. The lowest BCUT2D eigenvalue weighted by Gasteiger charge is -2.35. The molecule has 3 N–H and O–H groups in total. The molecule has 1 aromatic rings. The van der Waals surface area contributed by atoms with Crippen LogP contribution in [0, 0.1) is 0 Å². The molecule has 0 aromatic carbocycles. The van der Waals surface area contributed by atoms with E-state index in [1.807, 2.05) is 7.05 Å². The minimum absolute atomic E-state index is 0.00192. The third-order valence-corrected chi connectivity index (χ3v) is 5.88. The van der Waals surface area contributed by atoms with Crippen molar-refractivity contribution in [2.75, 3.05) is 26.7 Å². The van der Waals surface area contributed by atoms with E-state index < -0.39 is 5.91 Å². The van der Waals surface area contributed by atoms with Gasteiger partial charge < -0.3 is 16.0 Å². The van der Waals surface area contributed by atoms with Crippen LogP contribution in [-0.2, 0) is 4.79 Å². The third-order valence-electron chi connectivity index (χ3n) is 4.78. The Balaban J connectivity index is 1.51. The van der Waals surface area contributed by atoms with Gasteiger partial charge in [-0.05, 0) is 31.4 Å². The Morgan fingerprint density at radius 2 is 1.83 bits per heavy atom. The van der Waals surface area contributed by atoms with E-state index in [0.29, 0.717) is 9.75 Å². The molecule has 3 amide bonds. The summed E-state index contributed by atoms with van der Waals surface area (Å²) < 4.78 is 0. The van der Waals surface area contributed by atoms with Gasteiger partial charge in [-0.25, -0.2) is 0 Å². The number of nitrogens with two attached hydrogens (primary N) is 1. The van der Waals surface area contributed by atoms with Crippen molar-refractivity contribution in [2.24, 2.45) is 5.73 Å². The first-order chi connectivity index (χ1) is 11.5. The van der Waals surface area contributed by atoms with Gasteiger partial charge in [-0.1, -0.05) is 0 Å². The van der Waals surface area contributed by atoms with E-state index in [1.165, 1.54) is 0 Å². The zero-order chi connectivity index (χ0) is 17.3. The fraction of sp³-hybridized carbons (Fsp3) is 0.562. The van der Waals surface area contributed by atoms with Crippen LogP contribution < -0.4 is 11.1 Å². The first kappa shape index (κ1) is 16.9. The summed E-state index contributed by atoms with van der Waals surface area (Å²) >= 11 is 1.11. The molecule has 0 saturated carbocycles. The largest absolute Gasteiger partial charge is 0.365 e. The molecule has 1 unspecified atom stereocenters. The summed E-state index contributed by atoms with van der Waals surface area (Å²) in [4.78, 5) is 40.3. The van der Waals surface area contributed by atoms with Gasteiger partial charge in [0.25, 0.3) is 11.8 Å². The average molecular weight is 350 g/mol. The number of likely N-dealkylation sites (N-methyl/N-ethyl adjacent to an activating group) is 1. The number of amides is 3. The van der Waals surface area contributed by atoms with Crippen LogP contribution in [-0.4, -0.2) is 66.3 Å². The molecular formula is C16H22N4O3S. The molecule has 24 heavy (non-hydrogen) atoms. The molecule has 1 aromatic heterocycles. The van der Waals surface area contributed by atoms with Crippen LogP contribution in [0.25, 0.3) is 0 Å². The fourth-order valence-electron chi connectivity index (χ4n) is 3.35. The van der Waals surface area contributed by atoms with Crippen LogP contribution in [0.5, 0.6) is 0 Å². The van der Waals surface area contributed by atoms with Crippen molar-refractivity contribution in [3.8, 4) is 0 Å². The van der Waals surface area contributed by atoms with Crippen molar-refractivity contribution in [3.63, 3.8) is 0 Å². The van der Waals surface area contributed by atoms with Crippen molar-refractivity contribution < 1.29 is 14.4 Å². The Bertz CT molecular complexity index is 652. The number of nitrogens with one attached hydrogen (secondary N) is 1. The number of likely N-dealkylation sites (tertiary alicyclic amines) is 2. The van der Waals surface area contributed by atoms with Crippen molar-refractivity contribution >= 4 is 29.1 Å². The standard InChI is InChI=1S/C16H22N4O3S/c1-19-7-6-11(16(19)23)20-8-4-10(5-9-20)18-15(22)13-3-2-12(24-13)14(17)21/h2-3,10-11H,4-9H2,1H3,(H2,17,21)(H,18,22). The minimum atomic E-state index is -0.515. The second kappa shape index (κ2) is 6.90. The van der Waals surface area contributed by atoms with Gasteiger partial charge in [0.15, 0.2) is 0 Å². The molecule has 2 aliphatic heterocycles. The molecule has 1 atom stereocenters. The number of hydrogen-bond donors (Lipinski definition) is 2. The van der Waals surface area contributed by atoms with Crippen LogP contribution in [0.1, 0.15) is 38.6 Å². The molecular weight excluding hydrogens is 328 g/mol. The number of nitrogens with zero attached hydrogens (tertiary/aromatic N) is 2. The lowest BCUT2D eigenvalue weighted by Crippen LogP contribution is -2.49. The number of thiophene rings is 1. The first-order valence-electron chi connectivity index (χ1n) is 8.15. The fourth-order valence-corrected chi connectivity index (χ4v) is 4.11. The van der Waals surface area contributed by atoms with E-state index in [0.717, 1.165) is 50.2 Å². The van der Waals surface area contributed by atoms with E-state index >= 15 is 0 Å². The van der Waals surface area contributed by atoms with Crippen LogP contribution in [0.3, 0.4) is 0 Å². The van der Waals surface area contributed by atoms with E-state index in [1.54, 1.807) is 17.0 Å². The predicted octanol–water partition coefficient (Wildman–Crippen LogP) is 0.272. The molecule has 3 heterocycles. The minimum Gasteiger partial charge on any atom is -0.365 e. The van der Waals surface area contributed by atoms with Gasteiger partial charge in [-0.3, -0.25) is 19.3 Å². The van der Waals surface area contributed by atoms with Crippen LogP contribution in [0.15, 0.2) is 12.1 Å². The maximum Gasteiger partial charge on any atom is 0.261 e. The molecule has 2 saturated heterocycles. The quantitative estimate of drug-likeness (QED) is 0.815. The predicted molar refractivity (Wildman–Crippen MR) is 90.9 cm³/mol. The van der Waals surface area contributed by atoms with Gasteiger partial charge in [0, 0.05) is 32.7 Å². The van der Waals surface area contributed by atoms with Crippen LogP contribution >= 0.6 is 11.3 Å². The molecule has 2 fully saturated rings. The van der Waals surface area contributed by atoms with E-state index in [9.17, 15) is 14.4 Å². The van der Waals surface area contributed by atoms with Gasteiger partial charge in [-0.15, -0.1) is 11.3 Å². The van der Waals surface area contributed by atoms with Crippen LogP contribution in [0.2, 0.25) is 0 Å². The Kier molecular flexibility index (Phi) is 4.86. The van der Waals surface area contributed by atoms with Gasteiger partial charge in [0.05, 0.1) is 15.8 Å². The summed E-state index contributed by atoms with van der Waals surface area (Å²) in [6.45, 7) is 2.44. The van der Waals surface area contributed by atoms with Gasteiger partial charge in [0.2, 0.25) is 5.91 Å². The topological polar surface area (TPSA) is 95.7 Å². The molecule has 0 radical (unpaired) electrons. The number of primary amides is 1. The second-order valence-electron chi connectivity index (χ2n) is 6.38. The summed E-state index contributed by atoms with van der Waals surface area (Å²) in [6, 6.07) is 3.30. The highest BCUT2D eigenvalue weighted by Crippen LogP contribution is 2.21. The Morgan fingerprint density at radius 3 is 2.38 bits per heavy atom. The summed E-state index contributed by atoms with van der Waals surface area (Å²) in [5, 5.41) is 3.02. The van der Waals surface area contributed by atoms with Gasteiger partial charge in [-0.2, -0.15) is 0 Å². The monoisotopic (exact) mass is 350 g/mol. The number of carbonyl (C=O) groups is 3. The Hall–Kier alpha value is -1.93. The average Bonchev–Trinajstić information content (AvgIpc) is 3.17. The zero-order valence-electron chi connectivity index (χ0n) is 13.7. The van der Waals surface area contributed by atoms with E-state index in [-0.39, 0.29) is 23.9 Å². The van der Waals surface area contributed by atoms with Crippen molar-refractivity contribution in [1.29, 1.82) is 0 Å². The molecule has 0 aliphatic carbocycles. The van der Waals surface area contributed by atoms with Crippen molar-refractivity contribution in [2.45, 2.75) is 31.3 Å². The maximum atomic E-state index is 12.3. The Labute approximate surface area is 144 Å².